The van der Waals surface area contributed by atoms with Gasteiger partial charge < -0.3 is 10.6 Å². The molecule has 2 aliphatic heterocycles. The average molecular weight is 473 g/mol. The van der Waals surface area contributed by atoms with Gasteiger partial charge in [0.25, 0.3) is 5.91 Å². The Balaban J connectivity index is 1.11. The van der Waals surface area contributed by atoms with E-state index in [1.165, 1.54) is 0 Å². The Morgan fingerprint density at radius 2 is 2.06 bits per heavy atom. The van der Waals surface area contributed by atoms with E-state index >= 15 is 0 Å². The van der Waals surface area contributed by atoms with Crippen LogP contribution in [0.3, 0.4) is 0 Å². The molecule has 4 N–H and O–H groups in total. The van der Waals surface area contributed by atoms with Crippen molar-refractivity contribution in [3.63, 3.8) is 0 Å². The highest BCUT2D eigenvalue weighted by Gasteiger charge is 2.28. The number of carbonyl (C=O) groups is 2. The van der Waals surface area contributed by atoms with E-state index in [2.05, 4.69) is 36.9 Å². The Morgan fingerprint density at radius 3 is 2.82 bits per heavy atom. The highest BCUT2D eigenvalue weighted by atomic mass is 19.1. The molecule has 2 aliphatic rings. The Hall–Kier alpha value is -3.58. The van der Waals surface area contributed by atoms with Crippen molar-refractivity contribution in [3.8, 4) is 0 Å². The fraction of sp³-hybridized carbons (Fsp3) is 0.476. The number of alkyl halides is 1. The largest absolute Gasteiger partial charge is 0.346 e. The maximum absolute atomic E-state index is 12.8. The van der Waals surface area contributed by atoms with Gasteiger partial charge >= 0.3 is 0 Å². The third-order valence-electron chi connectivity index (χ3n) is 5.41. The summed E-state index contributed by atoms with van der Waals surface area (Å²) >= 11 is 0. The quantitative estimate of drug-likeness (QED) is 0.322. The number of nitrogens with zero attached hydrogens (tertiary/aromatic N) is 6. The van der Waals surface area contributed by atoms with Crippen molar-refractivity contribution >= 4 is 11.8 Å². The van der Waals surface area contributed by atoms with Gasteiger partial charge in [-0.25, -0.2) is 4.39 Å². The number of aryl methyl sites for hydroxylation is 2. The fourth-order valence-electron chi connectivity index (χ4n) is 3.51. The van der Waals surface area contributed by atoms with Crippen LogP contribution >= 0.6 is 0 Å². The monoisotopic (exact) mass is 472 g/mol. The molecule has 2 amide bonds. The number of unbranched alkanes of at least 4 members (excludes halogenated alkanes) is 1. The van der Waals surface area contributed by atoms with E-state index in [1.54, 1.807) is 28.2 Å². The van der Waals surface area contributed by atoms with Crippen molar-refractivity contribution in [2.45, 2.75) is 39.0 Å². The second-order valence-corrected chi connectivity index (χ2v) is 8.38. The molecule has 4 heterocycles. The number of hydrogen-bond donors (Lipinski definition) is 4. The smallest absolute Gasteiger partial charge is 0.273 e. The first-order valence-electron chi connectivity index (χ1n) is 11.2. The molecule has 0 aliphatic carbocycles. The predicted molar refractivity (Wildman–Crippen MR) is 120 cm³/mol. The second kappa shape index (κ2) is 11.0. The number of halogens is 1. The molecular formula is C21H29FN10O2. The van der Waals surface area contributed by atoms with E-state index in [0.717, 1.165) is 24.1 Å². The summed E-state index contributed by atoms with van der Waals surface area (Å²) < 4.78 is 14.5. The summed E-state index contributed by atoms with van der Waals surface area (Å²) in [4.78, 5) is 30.2. The minimum Gasteiger partial charge on any atom is -0.346 e. The lowest BCUT2D eigenvalue weighted by Gasteiger charge is -2.33. The zero-order chi connectivity index (χ0) is 23.9. The lowest BCUT2D eigenvalue weighted by Crippen LogP contribution is -2.52. The van der Waals surface area contributed by atoms with Crippen LogP contribution in [-0.4, -0.2) is 74.1 Å². The molecule has 4 rings (SSSR count). The Kier molecular flexibility index (Phi) is 7.65. The molecule has 12 nitrogen and oxygen atoms in total. The number of nitrogens with one attached hydrogen (secondary N) is 4. The van der Waals surface area contributed by atoms with Gasteiger partial charge in [-0.1, -0.05) is 11.3 Å². The molecule has 2 aromatic rings. The fourth-order valence-corrected chi connectivity index (χ4v) is 3.51. The molecule has 2 aromatic heterocycles. The third kappa shape index (κ3) is 6.71. The average Bonchev–Trinajstić information content (AvgIpc) is 3.45. The van der Waals surface area contributed by atoms with Crippen LogP contribution in [0.1, 0.15) is 34.6 Å². The van der Waals surface area contributed by atoms with Crippen molar-refractivity contribution in [2.75, 3.05) is 26.2 Å². The van der Waals surface area contributed by atoms with Crippen LogP contribution in [0.15, 0.2) is 36.5 Å². The minimum absolute atomic E-state index is 0.181. The molecule has 0 radical (unpaired) electrons. The van der Waals surface area contributed by atoms with Crippen molar-refractivity contribution in [2.24, 2.45) is 0 Å². The molecule has 182 valence electrons. The first kappa shape index (κ1) is 23.6. The number of aromatic nitrogens is 4. The molecule has 1 saturated heterocycles. The summed E-state index contributed by atoms with van der Waals surface area (Å²) in [5.41, 5.74) is 7.97. The lowest BCUT2D eigenvalue weighted by molar-refractivity contribution is -0.123. The minimum atomic E-state index is -0.822. The number of likely N-dealkylation sites (tertiary alicyclic amines) is 1. The van der Waals surface area contributed by atoms with Gasteiger partial charge in [0, 0.05) is 44.6 Å². The standard InChI is InChI=1S/C21H29FN10O2/c1-15-4-5-16(8-23-15)9-24-21(34)18-12-31(28-26-18)6-2-3-7-32-13-19(27-29-32)25-20(33)14-30-10-17(22)11-30/h4-5,8,12-13,17,27,29H,2-3,6-7,9-11,14H2,1H3,(H,24,34)(H,25,33). The predicted octanol–water partition coefficient (Wildman–Crippen LogP) is -0.415. The van der Waals surface area contributed by atoms with Gasteiger partial charge in [0.15, 0.2) is 5.69 Å². The SMILES string of the molecule is Cc1ccc(CNC(=O)c2cn(CCCCN3C=C(NC(=O)CN4CC(F)C4)NN3)nn2)cn1. The van der Waals surface area contributed by atoms with E-state index in [9.17, 15) is 14.0 Å². The summed E-state index contributed by atoms with van der Waals surface area (Å²) in [5.74, 6) is 0.0871. The highest BCUT2D eigenvalue weighted by molar-refractivity contribution is 5.91. The number of pyridine rings is 1. The summed E-state index contributed by atoms with van der Waals surface area (Å²) in [6.07, 6.45) is 5.99. The van der Waals surface area contributed by atoms with Crippen LogP contribution < -0.4 is 21.6 Å². The number of hydrogen-bond acceptors (Lipinski definition) is 9. The maximum atomic E-state index is 12.8. The van der Waals surface area contributed by atoms with E-state index in [1.807, 2.05) is 24.1 Å². The third-order valence-corrected chi connectivity index (χ3v) is 5.41. The first-order chi connectivity index (χ1) is 16.4. The molecule has 0 aromatic carbocycles. The van der Waals surface area contributed by atoms with Crippen LogP contribution in [0.5, 0.6) is 0 Å². The van der Waals surface area contributed by atoms with Crippen molar-refractivity contribution in [1.82, 2.24) is 51.5 Å². The summed E-state index contributed by atoms with van der Waals surface area (Å²) in [7, 11) is 0. The molecule has 0 unspecified atom stereocenters. The molecular weight excluding hydrogens is 443 g/mol. The summed E-state index contributed by atoms with van der Waals surface area (Å²) in [6, 6.07) is 3.82. The van der Waals surface area contributed by atoms with Gasteiger partial charge in [0.1, 0.15) is 12.0 Å². The highest BCUT2D eigenvalue weighted by Crippen LogP contribution is 2.10. The molecule has 1 fully saturated rings. The van der Waals surface area contributed by atoms with Gasteiger partial charge in [0.2, 0.25) is 5.91 Å². The topological polar surface area (TPSA) is 132 Å². The molecule has 0 bridgehead atoms. The van der Waals surface area contributed by atoms with E-state index in [0.29, 0.717) is 38.5 Å². The van der Waals surface area contributed by atoms with Crippen LogP contribution in [-0.2, 0) is 17.9 Å². The van der Waals surface area contributed by atoms with Crippen molar-refractivity contribution in [3.05, 3.63) is 53.5 Å². The normalized spacial score (nSPS) is 16.1. The number of rotatable bonds is 11. The zero-order valence-electron chi connectivity index (χ0n) is 19.0. The van der Waals surface area contributed by atoms with Crippen molar-refractivity contribution < 1.29 is 14.0 Å². The van der Waals surface area contributed by atoms with E-state index < -0.39 is 6.17 Å². The maximum Gasteiger partial charge on any atom is 0.273 e. The van der Waals surface area contributed by atoms with Crippen LogP contribution in [0, 0.1) is 6.92 Å². The molecule has 0 saturated carbocycles. The van der Waals surface area contributed by atoms with Gasteiger partial charge in [0.05, 0.1) is 18.9 Å². The number of amides is 2. The van der Waals surface area contributed by atoms with Crippen LogP contribution in [0.2, 0.25) is 0 Å². The van der Waals surface area contributed by atoms with Crippen LogP contribution in [0.4, 0.5) is 4.39 Å². The Morgan fingerprint density at radius 1 is 1.24 bits per heavy atom. The van der Waals surface area contributed by atoms with Gasteiger partial charge in [-0.05, 0) is 31.4 Å². The molecule has 0 spiro atoms. The van der Waals surface area contributed by atoms with Gasteiger partial charge in [-0.2, -0.15) is 0 Å². The molecule has 13 heteroatoms. The first-order valence-corrected chi connectivity index (χ1v) is 11.2. The summed E-state index contributed by atoms with van der Waals surface area (Å²) in [6.45, 7) is 4.42. The lowest BCUT2D eigenvalue weighted by atomic mass is 10.2. The van der Waals surface area contributed by atoms with Crippen LogP contribution in [0.25, 0.3) is 0 Å². The van der Waals surface area contributed by atoms with Crippen molar-refractivity contribution in [1.29, 1.82) is 0 Å². The number of hydrazine groups is 2. The summed E-state index contributed by atoms with van der Waals surface area (Å²) in [5, 5.41) is 15.4. The van der Waals surface area contributed by atoms with E-state index in [-0.39, 0.29) is 24.1 Å². The molecule has 0 atom stereocenters. The van der Waals surface area contributed by atoms with E-state index in [4.69, 9.17) is 0 Å². The Labute approximate surface area is 196 Å². The van der Waals surface area contributed by atoms with Gasteiger partial charge in [-0.3, -0.25) is 34.6 Å². The zero-order valence-corrected chi connectivity index (χ0v) is 19.0. The Bertz CT molecular complexity index is 1020. The molecule has 34 heavy (non-hydrogen) atoms. The number of carbonyl (C=O) groups excluding carboxylic acids is 2. The van der Waals surface area contributed by atoms with Gasteiger partial charge in [-0.15, -0.1) is 10.6 Å². The second-order valence-electron chi connectivity index (χ2n) is 8.38.